The molecule has 0 aliphatic carbocycles. The largest absolute Gasteiger partial charge is 0.365 e. The molecule has 0 fully saturated rings. The van der Waals surface area contributed by atoms with E-state index in [4.69, 9.17) is 11.6 Å². The van der Waals surface area contributed by atoms with Gasteiger partial charge in [0.15, 0.2) is 0 Å². The van der Waals surface area contributed by atoms with Gasteiger partial charge in [0.25, 0.3) is 0 Å². The minimum Gasteiger partial charge on any atom is -0.324 e. The number of carbonyl (C=O) groups excluding carboxylic acids is 1. The van der Waals surface area contributed by atoms with Crippen LogP contribution in [0.15, 0.2) is 53.5 Å². The van der Waals surface area contributed by atoms with Gasteiger partial charge in [-0.3, -0.25) is 4.79 Å². The van der Waals surface area contributed by atoms with Crippen LogP contribution in [0, 0.1) is 13.8 Å². The number of benzene rings is 2. The van der Waals surface area contributed by atoms with Gasteiger partial charge < -0.3 is 5.32 Å². The summed E-state index contributed by atoms with van der Waals surface area (Å²) >= 11 is 6.08. The van der Waals surface area contributed by atoms with Crippen molar-refractivity contribution in [2.75, 3.05) is 5.32 Å². The Labute approximate surface area is 161 Å². The van der Waals surface area contributed by atoms with Gasteiger partial charge in [-0.1, -0.05) is 47.5 Å². The zero-order valence-electron chi connectivity index (χ0n) is 15.2. The fraction of sp³-hybridized carbons (Fsp3) is 0.200. The number of halogens is 1. The quantitative estimate of drug-likeness (QED) is 0.745. The zero-order valence-corrected chi connectivity index (χ0v) is 16.0. The van der Waals surface area contributed by atoms with E-state index in [2.05, 4.69) is 15.4 Å². The first-order chi connectivity index (χ1) is 12.9. The topological polar surface area (TPSA) is 76.9 Å². The normalized spacial score (nSPS) is 11.9. The molecule has 6 nitrogen and oxygen atoms in total. The standard InChI is InChI=1S/C20H19ClN4O2/c1-12-7-9-15(10-8-12)18-11-22-25(20(27)24-18)14(3)19(26)23-17-6-4-5-16(21)13(17)2/h4-11,14H,1-3H3,(H,23,26). The van der Waals surface area contributed by atoms with Crippen molar-refractivity contribution in [1.29, 1.82) is 0 Å². The summed E-state index contributed by atoms with van der Waals surface area (Å²) in [5.74, 6) is -0.375. The number of hydrogen-bond acceptors (Lipinski definition) is 4. The van der Waals surface area contributed by atoms with Crippen LogP contribution in [-0.4, -0.2) is 20.7 Å². The number of amides is 1. The number of aromatic nitrogens is 3. The van der Waals surface area contributed by atoms with Crippen molar-refractivity contribution in [2.24, 2.45) is 0 Å². The third kappa shape index (κ3) is 4.06. The molecule has 1 heterocycles. The van der Waals surface area contributed by atoms with Crippen LogP contribution in [0.5, 0.6) is 0 Å². The summed E-state index contributed by atoms with van der Waals surface area (Å²) in [6.07, 6.45) is 1.49. The molecular weight excluding hydrogens is 364 g/mol. The molecule has 0 radical (unpaired) electrons. The van der Waals surface area contributed by atoms with Crippen molar-refractivity contribution < 1.29 is 4.79 Å². The highest BCUT2D eigenvalue weighted by Gasteiger charge is 2.19. The lowest BCUT2D eigenvalue weighted by atomic mass is 10.1. The molecule has 3 rings (SSSR count). The number of carbonyl (C=O) groups is 1. The number of hydrogen-bond donors (Lipinski definition) is 1. The molecule has 0 spiro atoms. The molecule has 0 bridgehead atoms. The SMILES string of the molecule is Cc1ccc(-c2cnn(C(C)C(=O)Nc3cccc(Cl)c3C)c(=O)n2)cc1. The van der Waals surface area contributed by atoms with E-state index in [1.807, 2.05) is 38.1 Å². The van der Waals surface area contributed by atoms with Crippen molar-refractivity contribution >= 4 is 23.2 Å². The fourth-order valence-corrected chi connectivity index (χ4v) is 2.74. The van der Waals surface area contributed by atoms with Crippen molar-refractivity contribution in [1.82, 2.24) is 14.8 Å². The van der Waals surface area contributed by atoms with Crippen LogP contribution >= 0.6 is 11.6 Å². The van der Waals surface area contributed by atoms with E-state index in [-0.39, 0.29) is 5.91 Å². The average molecular weight is 383 g/mol. The molecular formula is C20H19ClN4O2. The van der Waals surface area contributed by atoms with Gasteiger partial charge in [0.2, 0.25) is 5.91 Å². The lowest BCUT2D eigenvalue weighted by Crippen LogP contribution is -2.35. The first-order valence-corrected chi connectivity index (χ1v) is 8.83. The van der Waals surface area contributed by atoms with Crippen LogP contribution in [0.3, 0.4) is 0 Å². The van der Waals surface area contributed by atoms with Gasteiger partial charge in [-0.15, -0.1) is 0 Å². The molecule has 2 aromatic carbocycles. The number of nitrogens with zero attached hydrogens (tertiary/aromatic N) is 3. The van der Waals surface area contributed by atoms with Gasteiger partial charge in [-0.2, -0.15) is 10.1 Å². The Balaban J connectivity index is 1.83. The first kappa shape index (κ1) is 18.8. The Kier molecular flexibility index (Phi) is 5.37. The van der Waals surface area contributed by atoms with E-state index >= 15 is 0 Å². The second-order valence-corrected chi connectivity index (χ2v) is 6.72. The Morgan fingerprint density at radius 2 is 1.85 bits per heavy atom. The molecule has 0 aliphatic heterocycles. The molecule has 0 saturated heterocycles. The molecule has 1 unspecified atom stereocenters. The lowest BCUT2D eigenvalue weighted by molar-refractivity contribution is -0.119. The van der Waals surface area contributed by atoms with Crippen LogP contribution < -0.4 is 11.0 Å². The molecule has 0 aliphatic rings. The Hall–Kier alpha value is -2.99. The van der Waals surface area contributed by atoms with E-state index in [0.717, 1.165) is 21.4 Å². The molecule has 1 aromatic heterocycles. The minimum absolute atomic E-state index is 0.375. The van der Waals surface area contributed by atoms with Gasteiger partial charge in [0, 0.05) is 16.3 Å². The average Bonchev–Trinajstić information content (AvgIpc) is 2.65. The summed E-state index contributed by atoms with van der Waals surface area (Å²) in [5, 5.41) is 7.47. The summed E-state index contributed by atoms with van der Waals surface area (Å²) in [6, 6.07) is 12.0. The van der Waals surface area contributed by atoms with Crippen LogP contribution in [-0.2, 0) is 4.79 Å². The molecule has 138 valence electrons. The molecule has 7 heteroatoms. The van der Waals surface area contributed by atoms with E-state index in [0.29, 0.717) is 16.4 Å². The highest BCUT2D eigenvalue weighted by Crippen LogP contribution is 2.23. The number of anilines is 1. The summed E-state index contributed by atoms with van der Waals surface area (Å²) in [5.41, 5.74) is 3.14. The summed E-state index contributed by atoms with van der Waals surface area (Å²) in [6.45, 7) is 5.39. The molecule has 1 atom stereocenters. The fourth-order valence-electron chi connectivity index (χ4n) is 2.57. The molecule has 3 aromatic rings. The molecule has 1 amide bonds. The van der Waals surface area contributed by atoms with Gasteiger partial charge >= 0.3 is 5.69 Å². The number of rotatable bonds is 4. The summed E-state index contributed by atoms with van der Waals surface area (Å²) < 4.78 is 1.06. The maximum Gasteiger partial charge on any atom is 0.365 e. The van der Waals surface area contributed by atoms with Gasteiger partial charge in [0.1, 0.15) is 6.04 Å². The van der Waals surface area contributed by atoms with Gasteiger partial charge in [-0.25, -0.2) is 9.48 Å². The third-order valence-corrected chi connectivity index (χ3v) is 4.75. The number of nitrogens with one attached hydrogen (secondary N) is 1. The van der Waals surface area contributed by atoms with Crippen molar-refractivity contribution in [3.8, 4) is 11.3 Å². The second kappa shape index (κ2) is 7.72. The van der Waals surface area contributed by atoms with Crippen molar-refractivity contribution in [2.45, 2.75) is 26.8 Å². The lowest BCUT2D eigenvalue weighted by Gasteiger charge is -2.15. The Bertz CT molecular complexity index is 1040. The maximum absolute atomic E-state index is 12.5. The highest BCUT2D eigenvalue weighted by molar-refractivity contribution is 6.31. The Morgan fingerprint density at radius 3 is 2.52 bits per heavy atom. The smallest absolute Gasteiger partial charge is 0.324 e. The van der Waals surface area contributed by atoms with Gasteiger partial charge in [0.05, 0.1) is 11.9 Å². The summed E-state index contributed by atoms with van der Waals surface area (Å²) in [4.78, 5) is 29.0. The van der Waals surface area contributed by atoms with Crippen LogP contribution in [0.2, 0.25) is 5.02 Å². The maximum atomic E-state index is 12.5. The Morgan fingerprint density at radius 1 is 1.15 bits per heavy atom. The highest BCUT2D eigenvalue weighted by atomic mass is 35.5. The van der Waals surface area contributed by atoms with Crippen LogP contribution in [0.1, 0.15) is 24.1 Å². The molecule has 27 heavy (non-hydrogen) atoms. The predicted molar refractivity (Wildman–Crippen MR) is 106 cm³/mol. The first-order valence-electron chi connectivity index (χ1n) is 8.45. The summed E-state index contributed by atoms with van der Waals surface area (Å²) in [7, 11) is 0. The minimum atomic E-state index is -0.824. The van der Waals surface area contributed by atoms with Crippen molar-refractivity contribution in [3.63, 3.8) is 0 Å². The second-order valence-electron chi connectivity index (χ2n) is 6.31. The third-order valence-electron chi connectivity index (χ3n) is 4.34. The monoisotopic (exact) mass is 382 g/mol. The van der Waals surface area contributed by atoms with E-state index in [9.17, 15) is 9.59 Å². The van der Waals surface area contributed by atoms with E-state index in [1.165, 1.54) is 6.20 Å². The van der Waals surface area contributed by atoms with Crippen LogP contribution in [0.4, 0.5) is 5.69 Å². The zero-order chi connectivity index (χ0) is 19.6. The molecule has 1 N–H and O–H groups in total. The van der Waals surface area contributed by atoms with Gasteiger partial charge in [-0.05, 0) is 38.5 Å². The molecule has 0 saturated carbocycles. The number of aryl methyl sites for hydroxylation is 1. The predicted octanol–water partition coefficient (Wildman–Crippen LogP) is 3.78. The van der Waals surface area contributed by atoms with Crippen LogP contribution in [0.25, 0.3) is 11.3 Å². The van der Waals surface area contributed by atoms with E-state index < -0.39 is 11.7 Å². The van der Waals surface area contributed by atoms with Crippen molar-refractivity contribution in [3.05, 3.63) is 75.3 Å². The van der Waals surface area contributed by atoms with E-state index in [1.54, 1.807) is 25.1 Å².